The third-order valence-electron chi connectivity index (χ3n) is 6.93. The van der Waals surface area contributed by atoms with Crippen LogP contribution in [0.4, 0.5) is 5.69 Å². The minimum absolute atomic E-state index is 0.191. The first-order valence-electron chi connectivity index (χ1n) is 13.7. The van der Waals surface area contributed by atoms with Gasteiger partial charge in [-0.1, -0.05) is 41.9 Å². The summed E-state index contributed by atoms with van der Waals surface area (Å²) in [6.07, 6.45) is 1.90. The Morgan fingerprint density at radius 3 is 2.67 bits per heavy atom. The molecule has 0 aliphatic rings. The zero-order valence-corrected chi connectivity index (χ0v) is 25.4. The number of aliphatic hydroxyl groups is 1. The minimum Gasteiger partial charge on any atom is -0.387 e. The van der Waals surface area contributed by atoms with Crippen LogP contribution in [-0.4, -0.2) is 46.4 Å². The van der Waals surface area contributed by atoms with Gasteiger partial charge in [-0.25, -0.2) is 4.21 Å². The first-order valence-corrected chi connectivity index (χ1v) is 15.7. The maximum absolute atomic E-state index is 12.6. The van der Waals surface area contributed by atoms with Crippen molar-refractivity contribution in [1.82, 2.24) is 29.8 Å². The highest BCUT2D eigenvalue weighted by Crippen LogP contribution is 2.21. The Bertz CT molecular complexity index is 1780. The van der Waals surface area contributed by atoms with E-state index in [0.717, 1.165) is 16.7 Å². The van der Waals surface area contributed by atoms with Gasteiger partial charge in [0.25, 0.3) is 11.5 Å². The average molecular weight is 620 g/mol. The molecule has 0 saturated carbocycles. The van der Waals surface area contributed by atoms with Crippen LogP contribution in [0, 0.1) is 0 Å². The average Bonchev–Trinajstić information content (AvgIpc) is 3.63. The lowest BCUT2D eigenvalue weighted by Crippen LogP contribution is -2.42. The van der Waals surface area contributed by atoms with Crippen LogP contribution in [0.15, 0.2) is 88.7 Å². The summed E-state index contributed by atoms with van der Waals surface area (Å²) in [5, 5.41) is 26.3. The van der Waals surface area contributed by atoms with Crippen molar-refractivity contribution in [2.45, 2.75) is 49.9 Å². The molecular weight excluding hydrogens is 587 g/mol. The number of fused-ring (bicyclic) bond motifs is 1. The van der Waals surface area contributed by atoms with Crippen molar-refractivity contribution in [3.8, 4) is 0 Å². The van der Waals surface area contributed by atoms with Gasteiger partial charge in [-0.2, -0.15) is 0 Å². The first kappa shape index (κ1) is 30.3. The topological polar surface area (TPSA) is 154 Å². The number of amides is 1. The number of H-pyrrole nitrogens is 1. The summed E-state index contributed by atoms with van der Waals surface area (Å²) in [5.41, 5.74) is 1.76. The number of hydrogen-bond acceptors (Lipinski definition) is 8. The molecule has 5 aromatic rings. The van der Waals surface area contributed by atoms with Crippen LogP contribution in [0.1, 0.15) is 47.3 Å². The lowest BCUT2D eigenvalue weighted by molar-refractivity contribution is 0.0945. The van der Waals surface area contributed by atoms with Crippen molar-refractivity contribution in [1.29, 1.82) is 0 Å². The Hall–Kier alpha value is -4.17. The van der Waals surface area contributed by atoms with Crippen molar-refractivity contribution in [3.05, 3.63) is 105 Å². The zero-order valence-electron chi connectivity index (χ0n) is 23.7. The molecule has 1 amide bonds. The molecule has 0 aliphatic heterocycles. The van der Waals surface area contributed by atoms with Crippen LogP contribution in [0.5, 0.6) is 0 Å². The number of hydrogen-bond donors (Lipinski definition) is 5. The summed E-state index contributed by atoms with van der Waals surface area (Å²) < 4.78 is 20.2. The molecular formula is C30H33N7O4S2. The fourth-order valence-corrected chi connectivity index (χ4v) is 5.91. The molecule has 2 atom stereocenters. The second-order valence-corrected chi connectivity index (χ2v) is 12.9. The summed E-state index contributed by atoms with van der Waals surface area (Å²) in [6, 6.07) is 21.5. The maximum atomic E-state index is 12.6. The molecule has 11 nitrogen and oxygen atoms in total. The fraction of sp³-hybridized carbons (Fsp3) is 0.267. The summed E-state index contributed by atoms with van der Waals surface area (Å²) in [7, 11) is -1.40. The van der Waals surface area contributed by atoms with Crippen LogP contribution >= 0.6 is 11.5 Å². The molecule has 5 N–H and O–H groups in total. The highest BCUT2D eigenvalue weighted by Gasteiger charge is 2.20. The smallest absolute Gasteiger partial charge is 0.272 e. The van der Waals surface area contributed by atoms with Crippen molar-refractivity contribution in [3.63, 3.8) is 0 Å². The third-order valence-corrected chi connectivity index (χ3v) is 8.88. The minimum atomic E-state index is -1.40. The Morgan fingerprint density at radius 2 is 1.91 bits per heavy atom. The molecule has 5 rings (SSSR count). The number of aromatic amines is 1. The molecule has 3 heterocycles. The lowest BCUT2D eigenvalue weighted by atomic mass is 9.99. The second kappa shape index (κ2) is 13.4. The number of aryl methyl sites for hydroxylation is 1. The van der Waals surface area contributed by atoms with Gasteiger partial charge in [0.1, 0.15) is 11.0 Å². The van der Waals surface area contributed by atoms with E-state index in [1.807, 2.05) is 59.3 Å². The largest absolute Gasteiger partial charge is 0.387 e. The number of carbonyl (C=O) groups is 1. The van der Waals surface area contributed by atoms with Gasteiger partial charge in [0.05, 0.1) is 17.5 Å². The molecule has 13 heteroatoms. The van der Waals surface area contributed by atoms with Gasteiger partial charge in [0, 0.05) is 46.8 Å². The highest BCUT2D eigenvalue weighted by atomic mass is 32.2. The molecule has 0 bridgehead atoms. The molecule has 2 unspecified atom stereocenters. The van der Waals surface area contributed by atoms with E-state index in [2.05, 4.69) is 43.8 Å². The van der Waals surface area contributed by atoms with E-state index in [0.29, 0.717) is 34.9 Å². The van der Waals surface area contributed by atoms with E-state index in [4.69, 9.17) is 0 Å². The summed E-state index contributed by atoms with van der Waals surface area (Å²) in [4.78, 5) is 25.2. The quantitative estimate of drug-likeness (QED) is 0.135. The molecule has 0 fully saturated rings. The van der Waals surface area contributed by atoms with Crippen molar-refractivity contribution in [2.24, 2.45) is 0 Å². The zero-order chi connectivity index (χ0) is 30.4. The lowest BCUT2D eigenvalue weighted by Gasteiger charge is -2.28. The van der Waals surface area contributed by atoms with E-state index in [-0.39, 0.29) is 29.2 Å². The van der Waals surface area contributed by atoms with E-state index >= 15 is 0 Å². The Kier molecular flexibility index (Phi) is 9.46. The number of aromatic nitrogens is 4. The van der Waals surface area contributed by atoms with Gasteiger partial charge in [0.2, 0.25) is 0 Å². The van der Waals surface area contributed by atoms with Crippen LogP contribution in [0.25, 0.3) is 11.0 Å². The molecule has 224 valence electrons. The van der Waals surface area contributed by atoms with E-state index < -0.39 is 17.1 Å². The number of nitrogens with zero attached hydrogens (tertiary/aromatic N) is 3. The van der Waals surface area contributed by atoms with Crippen LogP contribution in [0.2, 0.25) is 0 Å². The molecule has 43 heavy (non-hydrogen) atoms. The first-order chi connectivity index (χ1) is 20.7. The van der Waals surface area contributed by atoms with E-state index in [1.165, 1.54) is 17.6 Å². The fourth-order valence-electron chi connectivity index (χ4n) is 4.44. The molecule has 0 spiro atoms. The normalized spacial score (nSPS) is 13.1. The standard InChI is InChI=1S/C30H33N7O4S2/c1-30(2,32-19-26(38)20-7-6-8-22(15-20)36-43(41)24-9-4-3-5-10-24)12-14-37-13-11-21-16-25(33-34-28(21)37)29(40)31-18-23-17-27(39)35-42-23/h3-11,13,15-17,26,32,36,38H,12,14,18-19H2,1-2H3,(H,31,40)(H,35,39). The number of anilines is 1. The number of nitrogens with one attached hydrogen (secondary N) is 4. The van der Waals surface area contributed by atoms with Crippen molar-refractivity contribution < 1.29 is 14.1 Å². The SMILES string of the molecule is CC(C)(CCn1ccc2cc(C(=O)NCc3cc(=O)[nH]s3)nnc21)NCC(O)c1cccc(NS(=O)c2ccccc2)c1. The van der Waals surface area contributed by atoms with Crippen LogP contribution < -0.4 is 20.9 Å². The molecule has 0 aliphatic carbocycles. The number of β-amino-alcohol motifs (C(OH)–C–C–N with tert-alkyl or cyclic N) is 1. The predicted molar refractivity (Wildman–Crippen MR) is 168 cm³/mol. The van der Waals surface area contributed by atoms with Gasteiger partial charge < -0.3 is 25.0 Å². The Morgan fingerprint density at radius 1 is 1.09 bits per heavy atom. The Labute approximate surface area is 255 Å². The van der Waals surface area contributed by atoms with Crippen LogP contribution in [-0.2, 0) is 24.1 Å². The Balaban J connectivity index is 1.13. The predicted octanol–water partition coefficient (Wildman–Crippen LogP) is 3.74. The monoisotopic (exact) mass is 619 g/mol. The second-order valence-electron chi connectivity index (χ2n) is 10.7. The molecule has 2 aromatic carbocycles. The number of carbonyl (C=O) groups excluding carboxylic acids is 1. The number of benzene rings is 2. The number of aliphatic hydroxyl groups excluding tert-OH is 1. The van der Waals surface area contributed by atoms with Gasteiger partial charge in [0.15, 0.2) is 11.3 Å². The van der Waals surface area contributed by atoms with Crippen molar-refractivity contribution in [2.75, 3.05) is 11.3 Å². The van der Waals surface area contributed by atoms with Gasteiger partial charge in [-0.05, 0) is 62.2 Å². The van der Waals surface area contributed by atoms with Gasteiger partial charge >= 0.3 is 0 Å². The molecule has 0 saturated heterocycles. The summed E-state index contributed by atoms with van der Waals surface area (Å²) in [5.74, 6) is -0.363. The highest BCUT2D eigenvalue weighted by molar-refractivity contribution is 7.86. The number of rotatable bonds is 13. The summed E-state index contributed by atoms with van der Waals surface area (Å²) in [6.45, 7) is 5.36. The van der Waals surface area contributed by atoms with E-state index in [1.54, 1.807) is 18.2 Å². The maximum Gasteiger partial charge on any atom is 0.272 e. The van der Waals surface area contributed by atoms with E-state index in [9.17, 15) is 18.9 Å². The molecule has 3 aromatic heterocycles. The van der Waals surface area contributed by atoms with Crippen LogP contribution in [0.3, 0.4) is 0 Å². The molecule has 0 radical (unpaired) electrons. The summed E-state index contributed by atoms with van der Waals surface area (Å²) >= 11 is 1.18. The third kappa shape index (κ3) is 8.02. The van der Waals surface area contributed by atoms with Crippen molar-refractivity contribution >= 4 is 45.1 Å². The van der Waals surface area contributed by atoms with Gasteiger partial charge in [-0.15, -0.1) is 10.2 Å². The van der Waals surface area contributed by atoms with Gasteiger partial charge in [-0.3, -0.25) is 14.0 Å².